The average molecular weight is 281 g/mol. The Morgan fingerprint density at radius 2 is 2.00 bits per heavy atom. The van der Waals surface area contributed by atoms with Gasteiger partial charge in [0.2, 0.25) is 0 Å². The lowest BCUT2D eigenvalue weighted by molar-refractivity contribution is 0.570. The standard InChI is InChI=1S/C16H15N3O2/c1-10-14(6-7-20)19-15(16(21)17-10)18-13-8-11-4-2-3-5-12(11)9-13/h2-6,13H,8-9H2,1H3,(H,17,21)(H,18,19). The van der Waals surface area contributed by atoms with Crippen LogP contribution in [-0.4, -0.2) is 22.0 Å². The Kier molecular flexibility index (Phi) is 3.42. The summed E-state index contributed by atoms with van der Waals surface area (Å²) in [7, 11) is 0. The molecular weight excluding hydrogens is 266 g/mol. The van der Waals surface area contributed by atoms with E-state index in [-0.39, 0.29) is 17.4 Å². The molecule has 5 heteroatoms. The number of nitrogens with one attached hydrogen (secondary N) is 2. The van der Waals surface area contributed by atoms with Crippen molar-refractivity contribution in [3.8, 4) is 0 Å². The van der Waals surface area contributed by atoms with Crippen LogP contribution < -0.4 is 10.9 Å². The van der Waals surface area contributed by atoms with Crippen molar-refractivity contribution in [1.29, 1.82) is 0 Å². The summed E-state index contributed by atoms with van der Waals surface area (Å²) in [4.78, 5) is 29.4. The number of aromatic nitrogens is 2. The second-order valence-corrected chi connectivity index (χ2v) is 5.21. The zero-order chi connectivity index (χ0) is 14.8. The predicted octanol–water partition coefficient (Wildman–Crippen LogP) is 1.50. The third-order valence-electron chi connectivity index (χ3n) is 3.72. The summed E-state index contributed by atoms with van der Waals surface area (Å²) in [6.07, 6.45) is 2.95. The smallest absolute Gasteiger partial charge is 0.290 e. The van der Waals surface area contributed by atoms with Gasteiger partial charge in [0, 0.05) is 17.8 Å². The number of hydrogen-bond donors (Lipinski definition) is 2. The highest BCUT2D eigenvalue weighted by Gasteiger charge is 2.22. The minimum Gasteiger partial charge on any atom is -0.362 e. The number of hydrogen-bond acceptors (Lipinski definition) is 4. The number of benzene rings is 1. The fourth-order valence-corrected chi connectivity index (χ4v) is 2.70. The highest BCUT2D eigenvalue weighted by Crippen LogP contribution is 2.23. The summed E-state index contributed by atoms with van der Waals surface area (Å²) >= 11 is 0. The molecule has 21 heavy (non-hydrogen) atoms. The van der Waals surface area contributed by atoms with Crippen molar-refractivity contribution in [2.45, 2.75) is 25.8 Å². The first-order valence-corrected chi connectivity index (χ1v) is 6.82. The van der Waals surface area contributed by atoms with E-state index >= 15 is 0 Å². The first-order chi connectivity index (χ1) is 10.2. The molecule has 0 bridgehead atoms. The Hall–Kier alpha value is -2.65. The maximum absolute atomic E-state index is 12.0. The Bertz CT molecular complexity index is 763. The van der Waals surface area contributed by atoms with Gasteiger partial charge in [-0.2, -0.15) is 0 Å². The van der Waals surface area contributed by atoms with Gasteiger partial charge < -0.3 is 10.3 Å². The summed E-state index contributed by atoms with van der Waals surface area (Å²) < 4.78 is 0. The molecule has 0 spiro atoms. The van der Waals surface area contributed by atoms with Crippen LogP contribution in [0.3, 0.4) is 0 Å². The van der Waals surface area contributed by atoms with Crippen molar-refractivity contribution in [2.75, 3.05) is 5.32 Å². The van der Waals surface area contributed by atoms with E-state index in [1.54, 1.807) is 12.9 Å². The van der Waals surface area contributed by atoms with Crippen LogP contribution in [0.2, 0.25) is 0 Å². The van der Waals surface area contributed by atoms with E-state index in [1.807, 2.05) is 12.1 Å². The van der Waals surface area contributed by atoms with Crippen molar-refractivity contribution in [3.63, 3.8) is 0 Å². The van der Waals surface area contributed by atoms with Crippen molar-refractivity contribution < 1.29 is 4.79 Å². The van der Waals surface area contributed by atoms with E-state index in [2.05, 4.69) is 27.4 Å². The van der Waals surface area contributed by atoms with Gasteiger partial charge in [0.1, 0.15) is 5.94 Å². The molecule has 0 fully saturated rings. The molecule has 1 heterocycles. The van der Waals surface area contributed by atoms with Crippen LogP contribution in [0.5, 0.6) is 0 Å². The number of aromatic amines is 1. The molecule has 0 amide bonds. The van der Waals surface area contributed by atoms with Crippen LogP contribution in [0.15, 0.2) is 29.1 Å². The molecule has 5 nitrogen and oxygen atoms in total. The number of nitrogens with zero attached hydrogens (tertiary/aromatic N) is 1. The molecule has 0 saturated heterocycles. The lowest BCUT2D eigenvalue weighted by Crippen LogP contribution is -2.26. The van der Waals surface area contributed by atoms with E-state index in [4.69, 9.17) is 0 Å². The SMILES string of the molecule is Cc1[nH]c(=O)c(NC2Cc3ccccc3C2)nc1C=C=O. The molecule has 0 saturated carbocycles. The normalized spacial score (nSPS) is 13.6. The number of rotatable bonds is 3. The Labute approximate surface area is 121 Å². The van der Waals surface area contributed by atoms with Crippen LogP contribution >= 0.6 is 0 Å². The molecule has 0 unspecified atom stereocenters. The van der Waals surface area contributed by atoms with E-state index in [0.717, 1.165) is 12.8 Å². The van der Waals surface area contributed by atoms with Gasteiger partial charge in [-0.1, -0.05) is 24.3 Å². The van der Waals surface area contributed by atoms with Crippen molar-refractivity contribution >= 4 is 17.8 Å². The van der Waals surface area contributed by atoms with E-state index in [9.17, 15) is 9.59 Å². The Morgan fingerprint density at radius 1 is 1.33 bits per heavy atom. The minimum absolute atomic E-state index is 0.145. The molecule has 106 valence electrons. The largest absolute Gasteiger partial charge is 0.362 e. The lowest BCUT2D eigenvalue weighted by Gasteiger charge is -2.12. The third-order valence-corrected chi connectivity index (χ3v) is 3.72. The van der Waals surface area contributed by atoms with Gasteiger partial charge in [0.25, 0.3) is 5.56 Å². The van der Waals surface area contributed by atoms with Gasteiger partial charge >= 0.3 is 0 Å². The van der Waals surface area contributed by atoms with Gasteiger partial charge in [0.15, 0.2) is 5.82 Å². The summed E-state index contributed by atoms with van der Waals surface area (Å²) in [6.45, 7) is 1.70. The average Bonchev–Trinajstić information content (AvgIpc) is 2.86. The van der Waals surface area contributed by atoms with Crippen molar-refractivity contribution in [3.05, 3.63) is 57.1 Å². The number of anilines is 1. The molecule has 1 aliphatic rings. The monoisotopic (exact) mass is 281 g/mol. The van der Waals surface area contributed by atoms with Crippen LogP contribution in [0, 0.1) is 6.92 Å². The fourth-order valence-electron chi connectivity index (χ4n) is 2.70. The van der Waals surface area contributed by atoms with Gasteiger partial charge in [-0.15, -0.1) is 0 Å². The molecule has 3 rings (SSSR count). The minimum atomic E-state index is -0.272. The van der Waals surface area contributed by atoms with Gasteiger partial charge in [-0.25, -0.2) is 9.78 Å². The number of carbonyl (C=O) groups excluding carboxylic acids is 1. The molecule has 0 radical (unpaired) electrons. The third kappa shape index (κ3) is 2.64. The zero-order valence-electron chi connectivity index (χ0n) is 11.6. The van der Waals surface area contributed by atoms with Gasteiger partial charge in [-0.3, -0.25) is 4.79 Å². The summed E-state index contributed by atoms with van der Waals surface area (Å²) in [6, 6.07) is 8.39. The van der Waals surface area contributed by atoms with E-state index in [0.29, 0.717) is 11.4 Å². The highest BCUT2D eigenvalue weighted by atomic mass is 16.1. The first kappa shape index (κ1) is 13.3. The summed E-state index contributed by atoms with van der Waals surface area (Å²) in [5.74, 6) is 1.94. The Balaban J connectivity index is 1.85. The summed E-state index contributed by atoms with van der Waals surface area (Å²) in [5, 5.41) is 3.18. The molecular formula is C16H15N3O2. The van der Waals surface area contributed by atoms with Crippen LogP contribution in [0.4, 0.5) is 5.82 Å². The highest BCUT2D eigenvalue weighted by molar-refractivity contribution is 5.74. The van der Waals surface area contributed by atoms with Crippen LogP contribution in [0.25, 0.3) is 6.08 Å². The zero-order valence-corrected chi connectivity index (χ0v) is 11.6. The van der Waals surface area contributed by atoms with Crippen molar-refractivity contribution in [1.82, 2.24) is 9.97 Å². The molecule has 2 N–H and O–H groups in total. The van der Waals surface area contributed by atoms with E-state index < -0.39 is 0 Å². The Morgan fingerprint density at radius 3 is 2.62 bits per heavy atom. The molecule has 1 aliphatic carbocycles. The molecule has 1 aromatic carbocycles. The number of fused-ring (bicyclic) bond motifs is 1. The maximum Gasteiger partial charge on any atom is 0.290 e. The molecule has 2 aromatic rings. The van der Waals surface area contributed by atoms with Crippen LogP contribution in [-0.2, 0) is 17.6 Å². The second-order valence-electron chi connectivity index (χ2n) is 5.21. The maximum atomic E-state index is 12.0. The fraction of sp³-hybridized carbons (Fsp3) is 0.250. The summed E-state index contributed by atoms with van der Waals surface area (Å²) in [5.41, 5.74) is 3.32. The van der Waals surface area contributed by atoms with E-state index in [1.165, 1.54) is 17.2 Å². The molecule has 1 aromatic heterocycles. The quantitative estimate of drug-likeness (QED) is 0.836. The predicted molar refractivity (Wildman–Crippen MR) is 81.0 cm³/mol. The number of aryl methyl sites for hydroxylation is 1. The number of H-pyrrole nitrogens is 1. The van der Waals surface area contributed by atoms with Crippen molar-refractivity contribution in [2.24, 2.45) is 0 Å². The second kappa shape index (κ2) is 5.38. The molecule has 0 aliphatic heterocycles. The lowest BCUT2D eigenvalue weighted by atomic mass is 10.1. The van der Waals surface area contributed by atoms with Gasteiger partial charge in [-0.05, 0) is 30.9 Å². The topological polar surface area (TPSA) is 74.8 Å². The van der Waals surface area contributed by atoms with Crippen LogP contribution in [0.1, 0.15) is 22.5 Å². The first-order valence-electron chi connectivity index (χ1n) is 6.82. The molecule has 0 atom stereocenters. The van der Waals surface area contributed by atoms with Gasteiger partial charge in [0.05, 0.1) is 5.69 Å².